The van der Waals surface area contributed by atoms with Gasteiger partial charge in [-0.25, -0.2) is 4.68 Å². The second kappa shape index (κ2) is 4.57. The molecule has 0 saturated heterocycles. The summed E-state index contributed by atoms with van der Waals surface area (Å²) in [6.07, 6.45) is 1.66. The molecule has 0 amide bonds. The lowest BCUT2D eigenvalue weighted by Crippen LogP contribution is -2.32. The third-order valence-electron chi connectivity index (χ3n) is 2.75. The minimum atomic E-state index is -0.133. The van der Waals surface area contributed by atoms with E-state index < -0.39 is 0 Å². The van der Waals surface area contributed by atoms with Gasteiger partial charge < -0.3 is 5.32 Å². The van der Waals surface area contributed by atoms with Crippen molar-refractivity contribution in [2.24, 2.45) is 12.5 Å². The summed E-state index contributed by atoms with van der Waals surface area (Å²) in [6.45, 7) is 8.52. The SMILES string of the molecule is CC(Nc1cnn(C)c(=O)c1Br)C(C)(C)C. The maximum Gasteiger partial charge on any atom is 0.282 e. The summed E-state index contributed by atoms with van der Waals surface area (Å²) in [6, 6.07) is 0.248. The molecule has 0 bridgehead atoms. The topological polar surface area (TPSA) is 46.9 Å². The van der Waals surface area contributed by atoms with Crippen molar-refractivity contribution in [3.63, 3.8) is 0 Å². The summed E-state index contributed by atoms with van der Waals surface area (Å²) in [7, 11) is 1.63. The van der Waals surface area contributed by atoms with Gasteiger partial charge in [-0.15, -0.1) is 0 Å². The van der Waals surface area contributed by atoms with E-state index in [1.165, 1.54) is 4.68 Å². The van der Waals surface area contributed by atoms with Crippen molar-refractivity contribution in [2.75, 3.05) is 5.32 Å². The Kier molecular flexibility index (Phi) is 3.78. The molecule has 0 aliphatic rings. The molecule has 1 N–H and O–H groups in total. The first-order valence-corrected chi connectivity index (χ1v) is 6.01. The van der Waals surface area contributed by atoms with Gasteiger partial charge in [-0.2, -0.15) is 5.10 Å². The van der Waals surface area contributed by atoms with Gasteiger partial charge in [-0.1, -0.05) is 20.8 Å². The molecular formula is C11H18BrN3O. The molecule has 90 valence electrons. The minimum Gasteiger partial charge on any atom is -0.380 e. The molecule has 1 unspecified atom stereocenters. The predicted molar refractivity (Wildman–Crippen MR) is 69.7 cm³/mol. The van der Waals surface area contributed by atoms with Gasteiger partial charge in [0, 0.05) is 13.1 Å². The molecule has 0 aliphatic carbocycles. The first-order chi connectivity index (χ1) is 7.23. The van der Waals surface area contributed by atoms with Gasteiger partial charge in [-0.05, 0) is 28.3 Å². The van der Waals surface area contributed by atoms with E-state index in [-0.39, 0.29) is 17.0 Å². The number of aromatic nitrogens is 2. The van der Waals surface area contributed by atoms with Crippen LogP contribution in [0.1, 0.15) is 27.7 Å². The van der Waals surface area contributed by atoms with Crippen LogP contribution in [0, 0.1) is 5.41 Å². The molecule has 1 aromatic rings. The number of halogens is 1. The molecule has 1 rings (SSSR count). The van der Waals surface area contributed by atoms with Crippen LogP contribution in [0.4, 0.5) is 5.69 Å². The Labute approximate surface area is 104 Å². The highest BCUT2D eigenvalue weighted by molar-refractivity contribution is 9.10. The molecule has 1 heterocycles. The third-order valence-corrected chi connectivity index (χ3v) is 3.52. The second-order valence-corrected chi connectivity index (χ2v) is 5.83. The largest absolute Gasteiger partial charge is 0.380 e. The van der Waals surface area contributed by atoms with Crippen LogP contribution in [0.3, 0.4) is 0 Å². The first kappa shape index (κ1) is 13.2. The summed E-state index contributed by atoms with van der Waals surface area (Å²) in [5, 5.41) is 7.28. The van der Waals surface area contributed by atoms with Crippen LogP contribution in [0.15, 0.2) is 15.5 Å². The number of nitrogens with zero attached hydrogens (tertiary/aromatic N) is 2. The predicted octanol–water partition coefficient (Wildman–Crippen LogP) is 2.39. The Hall–Kier alpha value is -0.840. The highest BCUT2D eigenvalue weighted by atomic mass is 79.9. The van der Waals surface area contributed by atoms with Crippen molar-refractivity contribution in [3.8, 4) is 0 Å². The Bertz CT molecular complexity index is 434. The smallest absolute Gasteiger partial charge is 0.282 e. The van der Waals surface area contributed by atoms with Crippen LogP contribution in [-0.2, 0) is 7.05 Å². The standard InChI is InChI=1S/C11H18BrN3O/c1-7(11(2,3)4)14-8-6-13-15(5)10(16)9(8)12/h6-7,14H,1-5H3. The fraction of sp³-hybridized carbons (Fsp3) is 0.636. The van der Waals surface area contributed by atoms with Crippen molar-refractivity contribution in [1.82, 2.24) is 9.78 Å². The highest BCUT2D eigenvalue weighted by Gasteiger charge is 2.21. The first-order valence-electron chi connectivity index (χ1n) is 5.22. The molecule has 4 nitrogen and oxygen atoms in total. The van der Waals surface area contributed by atoms with E-state index in [2.05, 4.69) is 54.0 Å². The number of hydrogen-bond acceptors (Lipinski definition) is 3. The highest BCUT2D eigenvalue weighted by Crippen LogP contribution is 2.24. The maximum atomic E-state index is 11.6. The van der Waals surface area contributed by atoms with E-state index in [9.17, 15) is 4.79 Å². The Morgan fingerprint density at radius 1 is 1.50 bits per heavy atom. The Morgan fingerprint density at radius 2 is 2.06 bits per heavy atom. The summed E-state index contributed by atoms with van der Waals surface area (Å²) in [5.41, 5.74) is 0.734. The quantitative estimate of drug-likeness (QED) is 0.909. The number of anilines is 1. The number of hydrogen-bond donors (Lipinski definition) is 1. The van der Waals surface area contributed by atoms with Gasteiger partial charge in [0.1, 0.15) is 4.47 Å². The van der Waals surface area contributed by atoms with E-state index in [0.717, 1.165) is 5.69 Å². The second-order valence-electron chi connectivity index (χ2n) is 5.03. The minimum absolute atomic E-state index is 0.126. The average molecular weight is 288 g/mol. The number of rotatable bonds is 2. The number of aryl methyl sites for hydroxylation is 1. The van der Waals surface area contributed by atoms with Crippen LogP contribution in [0.25, 0.3) is 0 Å². The van der Waals surface area contributed by atoms with Crippen molar-refractivity contribution >= 4 is 21.6 Å². The summed E-state index contributed by atoms with van der Waals surface area (Å²) >= 11 is 3.29. The third kappa shape index (κ3) is 2.84. The van der Waals surface area contributed by atoms with Crippen LogP contribution >= 0.6 is 15.9 Å². The van der Waals surface area contributed by atoms with Gasteiger partial charge in [0.15, 0.2) is 0 Å². The van der Waals surface area contributed by atoms with Gasteiger partial charge in [0.05, 0.1) is 11.9 Å². The molecule has 0 radical (unpaired) electrons. The van der Waals surface area contributed by atoms with Gasteiger partial charge in [0.2, 0.25) is 0 Å². The van der Waals surface area contributed by atoms with Crippen LogP contribution < -0.4 is 10.9 Å². The van der Waals surface area contributed by atoms with Crippen molar-refractivity contribution in [2.45, 2.75) is 33.7 Å². The lowest BCUT2D eigenvalue weighted by atomic mass is 9.88. The van der Waals surface area contributed by atoms with E-state index in [1.54, 1.807) is 13.2 Å². The summed E-state index contributed by atoms with van der Waals surface area (Å²) < 4.78 is 1.83. The molecule has 1 aromatic heterocycles. The fourth-order valence-corrected chi connectivity index (χ4v) is 1.53. The molecule has 5 heteroatoms. The van der Waals surface area contributed by atoms with Gasteiger partial charge >= 0.3 is 0 Å². The molecule has 0 spiro atoms. The zero-order chi connectivity index (χ0) is 12.5. The summed E-state index contributed by atoms with van der Waals surface area (Å²) in [4.78, 5) is 11.6. The molecule has 0 aliphatic heterocycles. The maximum absolute atomic E-state index is 11.6. The van der Waals surface area contributed by atoms with Crippen LogP contribution in [0.5, 0.6) is 0 Å². The van der Waals surface area contributed by atoms with Gasteiger partial charge in [-0.3, -0.25) is 4.79 Å². The zero-order valence-electron chi connectivity index (χ0n) is 10.3. The summed E-state index contributed by atoms with van der Waals surface area (Å²) in [5.74, 6) is 0. The lowest BCUT2D eigenvalue weighted by molar-refractivity contribution is 0.359. The molecule has 16 heavy (non-hydrogen) atoms. The molecule has 1 atom stereocenters. The van der Waals surface area contributed by atoms with Crippen molar-refractivity contribution in [1.29, 1.82) is 0 Å². The Morgan fingerprint density at radius 3 is 2.56 bits per heavy atom. The van der Waals surface area contributed by atoms with E-state index in [0.29, 0.717) is 4.47 Å². The molecule has 0 aromatic carbocycles. The number of nitrogens with one attached hydrogen (secondary N) is 1. The van der Waals surface area contributed by atoms with E-state index in [1.807, 2.05) is 0 Å². The van der Waals surface area contributed by atoms with E-state index >= 15 is 0 Å². The van der Waals surface area contributed by atoms with Crippen molar-refractivity contribution < 1.29 is 0 Å². The van der Waals surface area contributed by atoms with Crippen LogP contribution in [0.2, 0.25) is 0 Å². The fourth-order valence-electron chi connectivity index (χ4n) is 1.06. The van der Waals surface area contributed by atoms with Crippen LogP contribution in [-0.4, -0.2) is 15.8 Å². The lowest BCUT2D eigenvalue weighted by Gasteiger charge is -2.29. The van der Waals surface area contributed by atoms with Gasteiger partial charge in [0.25, 0.3) is 5.56 Å². The van der Waals surface area contributed by atoms with Crippen molar-refractivity contribution in [3.05, 3.63) is 21.0 Å². The molecular weight excluding hydrogens is 270 g/mol. The molecule has 0 fully saturated rings. The normalized spacial score (nSPS) is 13.6. The zero-order valence-corrected chi connectivity index (χ0v) is 11.9. The monoisotopic (exact) mass is 287 g/mol. The molecule has 0 saturated carbocycles. The Balaban J connectivity index is 3.00. The average Bonchev–Trinajstić information content (AvgIpc) is 2.17. The van der Waals surface area contributed by atoms with E-state index in [4.69, 9.17) is 0 Å².